The predicted molar refractivity (Wildman–Crippen MR) is 125 cm³/mol. The number of carbonyl (C=O) groups excluding carboxylic acids is 1. The first kappa shape index (κ1) is 22.3. The topological polar surface area (TPSA) is 75.0 Å². The Morgan fingerprint density at radius 3 is 2.50 bits per heavy atom. The number of nitrogens with zero attached hydrogens (tertiary/aromatic N) is 5. The van der Waals surface area contributed by atoms with E-state index in [-0.39, 0.29) is 11.8 Å². The Kier molecular flexibility index (Phi) is 7.09. The SMILES string of the molecule is CN=C(NCc1ccccc1-n1nc(C)cc1C)N1CCC(C(=O)N2CCOCC2)CC1. The summed E-state index contributed by atoms with van der Waals surface area (Å²) in [5, 5.41) is 8.17. The number of carbonyl (C=O) groups is 1. The number of para-hydroxylation sites is 1. The summed E-state index contributed by atoms with van der Waals surface area (Å²) < 4.78 is 7.37. The zero-order valence-corrected chi connectivity index (χ0v) is 19.4. The van der Waals surface area contributed by atoms with Crippen molar-refractivity contribution in [1.29, 1.82) is 0 Å². The van der Waals surface area contributed by atoms with E-state index in [4.69, 9.17) is 4.74 Å². The number of ether oxygens (including phenoxy) is 1. The Bertz CT molecular complexity index is 955. The third-order valence-electron chi connectivity index (χ3n) is 6.34. The summed E-state index contributed by atoms with van der Waals surface area (Å²) in [6.45, 7) is 9.16. The third kappa shape index (κ3) is 4.96. The predicted octanol–water partition coefficient (Wildman–Crippen LogP) is 2.14. The Morgan fingerprint density at radius 1 is 1.12 bits per heavy atom. The highest BCUT2D eigenvalue weighted by molar-refractivity contribution is 5.82. The number of hydrogen-bond acceptors (Lipinski definition) is 4. The summed E-state index contributed by atoms with van der Waals surface area (Å²) in [6, 6.07) is 10.4. The highest BCUT2D eigenvalue weighted by atomic mass is 16.5. The van der Waals surface area contributed by atoms with E-state index >= 15 is 0 Å². The fraction of sp³-hybridized carbons (Fsp3) is 0.542. The van der Waals surface area contributed by atoms with Crippen LogP contribution in [0.3, 0.4) is 0 Å². The molecule has 1 N–H and O–H groups in total. The van der Waals surface area contributed by atoms with Crippen molar-refractivity contribution in [3.63, 3.8) is 0 Å². The van der Waals surface area contributed by atoms with Crippen LogP contribution in [0.2, 0.25) is 0 Å². The molecule has 0 atom stereocenters. The minimum absolute atomic E-state index is 0.106. The quantitative estimate of drug-likeness (QED) is 0.585. The Morgan fingerprint density at radius 2 is 1.84 bits per heavy atom. The van der Waals surface area contributed by atoms with Crippen LogP contribution in [0.25, 0.3) is 5.69 Å². The van der Waals surface area contributed by atoms with E-state index in [2.05, 4.69) is 51.5 Å². The fourth-order valence-corrected chi connectivity index (χ4v) is 4.63. The van der Waals surface area contributed by atoms with Gasteiger partial charge in [0.2, 0.25) is 5.91 Å². The zero-order valence-electron chi connectivity index (χ0n) is 19.4. The molecule has 0 bridgehead atoms. The Hall–Kier alpha value is -2.87. The van der Waals surface area contributed by atoms with E-state index in [9.17, 15) is 4.79 Å². The number of aromatic nitrogens is 2. The molecule has 1 amide bonds. The Labute approximate surface area is 190 Å². The fourth-order valence-electron chi connectivity index (χ4n) is 4.63. The van der Waals surface area contributed by atoms with Crippen LogP contribution in [0, 0.1) is 19.8 Å². The largest absolute Gasteiger partial charge is 0.378 e. The van der Waals surface area contributed by atoms with Crippen LogP contribution in [-0.2, 0) is 16.1 Å². The number of morpholine rings is 1. The van der Waals surface area contributed by atoms with Crippen molar-refractivity contribution >= 4 is 11.9 Å². The van der Waals surface area contributed by atoms with Crippen molar-refractivity contribution in [3.8, 4) is 5.69 Å². The number of aryl methyl sites for hydroxylation is 2. The molecule has 172 valence electrons. The second-order valence-electron chi connectivity index (χ2n) is 8.57. The number of amides is 1. The first-order valence-corrected chi connectivity index (χ1v) is 11.5. The van der Waals surface area contributed by atoms with Crippen molar-refractivity contribution < 1.29 is 9.53 Å². The van der Waals surface area contributed by atoms with Gasteiger partial charge in [0.15, 0.2) is 5.96 Å². The first-order valence-electron chi connectivity index (χ1n) is 11.5. The van der Waals surface area contributed by atoms with Gasteiger partial charge in [0.05, 0.1) is 24.6 Å². The van der Waals surface area contributed by atoms with Gasteiger partial charge in [-0.3, -0.25) is 9.79 Å². The molecular formula is C24H34N6O2. The van der Waals surface area contributed by atoms with Gasteiger partial charge in [0.1, 0.15) is 0 Å². The number of piperidine rings is 1. The Balaban J connectivity index is 1.35. The van der Waals surface area contributed by atoms with E-state index in [1.54, 1.807) is 0 Å². The maximum Gasteiger partial charge on any atom is 0.225 e. The summed E-state index contributed by atoms with van der Waals surface area (Å²) in [4.78, 5) is 21.5. The minimum Gasteiger partial charge on any atom is -0.378 e. The summed E-state index contributed by atoms with van der Waals surface area (Å²) in [5.41, 5.74) is 4.37. The van der Waals surface area contributed by atoms with E-state index in [1.807, 2.05) is 29.6 Å². The van der Waals surface area contributed by atoms with Crippen LogP contribution < -0.4 is 5.32 Å². The molecule has 2 aliphatic heterocycles. The molecule has 1 aromatic carbocycles. The molecule has 2 saturated heterocycles. The lowest BCUT2D eigenvalue weighted by Crippen LogP contribution is -2.49. The molecule has 2 aliphatic rings. The molecule has 0 unspecified atom stereocenters. The van der Waals surface area contributed by atoms with Crippen molar-refractivity contribution in [3.05, 3.63) is 47.3 Å². The zero-order chi connectivity index (χ0) is 22.5. The van der Waals surface area contributed by atoms with Crippen LogP contribution >= 0.6 is 0 Å². The molecule has 0 spiro atoms. The highest BCUT2D eigenvalue weighted by Crippen LogP contribution is 2.21. The third-order valence-corrected chi connectivity index (χ3v) is 6.34. The van der Waals surface area contributed by atoms with Crippen LogP contribution in [0.1, 0.15) is 29.8 Å². The summed E-state index contributed by atoms with van der Waals surface area (Å²) >= 11 is 0. The normalized spacial score (nSPS) is 18.2. The molecule has 2 fully saturated rings. The molecule has 8 nitrogen and oxygen atoms in total. The minimum atomic E-state index is 0.106. The van der Waals surface area contributed by atoms with E-state index in [1.165, 1.54) is 0 Å². The van der Waals surface area contributed by atoms with Crippen LogP contribution in [0.5, 0.6) is 0 Å². The molecule has 4 rings (SSSR count). The number of guanidine groups is 1. The number of aliphatic imine (C=N–C) groups is 1. The lowest BCUT2D eigenvalue weighted by atomic mass is 9.95. The van der Waals surface area contributed by atoms with Crippen LogP contribution in [0.4, 0.5) is 0 Å². The molecule has 0 radical (unpaired) electrons. The summed E-state index contributed by atoms with van der Waals surface area (Å²) in [5.74, 6) is 1.27. The second kappa shape index (κ2) is 10.2. The maximum atomic E-state index is 12.8. The summed E-state index contributed by atoms with van der Waals surface area (Å²) in [7, 11) is 1.82. The van der Waals surface area contributed by atoms with Gasteiger partial charge >= 0.3 is 0 Å². The number of hydrogen-bond donors (Lipinski definition) is 1. The lowest BCUT2D eigenvalue weighted by molar-refractivity contribution is -0.140. The molecule has 32 heavy (non-hydrogen) atoms. The summed E-state index contributed by atoms with van der Waals surface area (Å²) in [6.07, 6.45) is 1.72. The van der Waals surface area contributed by atoms with Gasteiger partial charge < -0.3 is 19.9 Å². The lowest BCUT2D eigenvalue weighted by Gasteiger charge is -2.36. The van der Waals surface area contributed by atoms with Gasteiger partial charge in [-0.15, -0.1) is 0 Å². The molecule has 3 heterocycles. The monoisotopic (exact) mass is 438 g/mol. The van der Waals surface area contributed by atoms with Crippen molar-refractivity contribution in [2.75, 3.05) is 46.4 Å². The van der Waals surface area contributed by atoms with Crippen molar-refractivity contribution in [2.24, 2.45) is 10.9 Å². The van der Waals surface area contributed by atoms with Gasteiger partial charge in [-0.2, -0.15) is 5.10 Å². The second-order valence-corrected chi connectivity index (χ2v) is 8.57. The average molecular weight is 439 g/mol. The molecule has 8 heteroatoms. The number of likely N-dealkylation sites (tertiary alicyclic amines) is 1. The highest BCUT2D eigenvalue weighted by Gasteiger charge is 2.30. The number of benzene rings is 1. The standard InChI is InChI=1S/C24H34N6O2/c1-18-16-19(2)30(27-18)22-7-5-4-6-21(22)17-26-24(25-3)29-10-8-20(9-11-29)23(31)28-12-14-32-15-13-28/h4-7,16,20H,8-15,17H2,1-3H3,(H,25,26). The number of rotatable bonds is 4. The molecule has 2 aromatic rings. The van der Waals surface area contributed by atoms with Crippen LogP contribution in [0.15, 0.2) is 35.3 Å². The molecule has 0 saturated carbocycles. The van der Waals surface area contributed by atoms with E-state index in [0.29, 0.717) is 19.8 Å². The van der Waals surface area contributed by atoms with Crippen molar-refractivity contribution in [1.82, 2.24) is 24.9 Å². The van der Waals surface area contributed by atoms with E-state index < -0.39 is 0 Å². The van der Waals surface area contributed by atoms with Crippen LogP contribution in [-0.4, -0.2) is 77.9 Å². The van der Waals surface area contributed by atoms with E-state index in [0.717, 1.165) is 67.6 Å². The molecule has 1 aromatic heterocycles. The smallest absolute Gasteiger partial charge is 0.225 e. The van der Waals surface area contributed by atoms with Gasteiger partial charge in [-0.1, -0.05) is 18.2 Å². The van der Waals surface area contributed by atoms with Crippen molar-refractivity contribution in [2.45, 2.75) is 33.2 Å². The van der Waals surface area contributed by atoms with Gasteiger partial charge in [0, 0.05) is 51.4 Å². The number of nitrogens with one attached hydrogen (secondary N) is 1. The van der Waals surface area contributed by atoms with Gasteiger partial charge in [-0.05, 0) is 44.4 Å². The maximum absolute atomic E-state index is 12.8. The van der Waals surface area contributed by atoms with Gasteiger partial charge in [0.25, 0.3) is 0 Å². The molecular weight excluding hydrogens is 404 g/mol. The first-order chi connectivity index (χ1) is 15.6. The average Bonchev–Trinajstić information content (AvgIpc) is 3.17. The molecule has 0 aliphatic carbocycles. The van der Waals surface area contributed by atoms with Gasteiger partial charge in [-0.25, -0.2) is 4.68 Å².